The van der Waals surface area contributed by atoms with Crippen LogP contribution in [0.1, 0.15) is 20.8 Å². The van der Waals surface area contributed by atoms with Crippen LogP contribution in [0, 0.1) is 0 Å². The van der Waals surface area contributed by atoms with Crippen molar-refractivity contribution in [1.82, 2.24) is 0 Å². The van der Waals surface area contributed by atoms with Crippen LogP contribution < -0.4 is 0 Å². The highest BCUT2D eigenvalue weighted by Gasteiger charge is 2.27. The molecule has 0 fully saturated rings. The first-order valence-electron chi connectivity index (χ1n) is 2.29. The van der Waals surface area contributed by atoms with Gasteiger partial charge >= 0.3 is 0 Å². The van der Waals surface area contributed by atoms with Crippen LogP contribution in [0.25, 0.3) is 0 Å². The molecule has 0 aromatic carbocycles. The van der Waals surface area contributed by atoms with E-state index >= 15 is 0 Å². The van der Waals surface area contributed by atoms with Crippen LogP contribution >= 0.6 is 0 Å². The molecular formula is C5H13OS+. The summed E-state index contributed by atoms with van der Waals surface area (Å²) in [5.41, 5.74) is 0. The average Bonchev–Trinajstić information content (AvgIpc) is 1.31. The van der Waals surface area contributed by atoms with Crippen LogP contribution in [0.2, 0.25) is 0 Å². The minimum atomic E-state index is -0.433. The van der Waals surface area contributed by atoms with Gasteiger partial charge in [-0.2, -0.15) is 4.55 Å². The molecule has 44 valence electrons. The van der Waals surface area contributed by atoms with Crippen molar-refractivity contribution in [3.8, 4) is 0 Å². The maximum absolute atomic E-state index is 8.92. The molecule has 0 heterocycles. The molecule has 0 rings (SSSR count). The SMILES string of the molecule is C[S+](O)C(C)(C)C. The molecule has 1 unspecified atom stereocenters. The summed E-state index contributed by atoms with van der Waals surface area (Å²) in [6.07, 6.45) is 1.83. The summed E-state index contributed by atoms with van der Waals surface area (Å²) in [7, 11) is 0. The second-order valence-electron chi connectivity index (χ2n) is 2.59. The van der Waals surface area contributed by atoms with Gasteiger partial charge in [0.05, 0.1) is 0 Å². The van der Waals surface area contributed by atoms with E-state index in [-0.39, 0.29) is 4.75 Å². The molecule has 0 saturated heterocycles. The van der Waals surface area contributed by atoms with Crippen molar-refractivity contribution < 1.29 is 4.55 Å². The zero-order chi connectivity index (χ0) is 6.08. The summed E-state index contributed by atoms with van der Waals surface area (Å²) >= 11 is -0.433. The van der Waals surface area contributed by atoms with Gasteiger partial charge in [-0.05, 0) is 20.8 Å². The molecule has 0 aromatic rings. The quantitative estimate of drug-likeness (QED) is 0.482. The number of rotatable bonds is 0. The van der Waals surface area contributed by atoms with E-state index in [0.717, 1.165) is 0 Å². The Balaban J connectivity index is 3.54. The molecule has 0 saturated carbocycles. The highest BCUT2D eigenvalue weighted by atomic mass is 32.2. The van der Waals surface area contributed by atoms with Crippen molar-refractivity contribution in [3.63, 3.8) is 0 Å². The summed E-state index contributed by atoms with van der Waals surface area (Å²) in [4.78, 5) is 0. The molecule has 0 aromatic heterocycles. The number of hydrogen-bond donors (Lipinski definition) is 1. The first kappa shape index (κ1) is 7.31. The van der Waals surface area contributed by atoms with E-state index in [2.05, 4.69) is 0 Å². The van der Waals surface area contributed by atoms with Crippen LogP contribution in [-0.4, -0.2) is 15.6 Å². The van der Waals surface area contributed by atoms with Gasteiger partial charge in [-0.1, -0.05) is 0 Å². The smallest absolute Gasteiger partial charge is 0.152 e. The van der Waals surface area contributed by atoms with E-state index in [1.807, 2.05) is 27.0 Å². The van der Waals surface area contributed by atoms with Crippen molar-refractivity contribution in [2.24, 2.45) is 0 Å². The summed E-state index contributed by atoms with van der Waals surface area (Å²) in [6, 6.07) is 0. The van der Waals surface area contributed by atoms with Crippen LogP contribution in [0.5, 0.6) is 0 Å². The van der Waals surface area contributed by atoms with Gasteiger partial charge in [0.2, 0.25) is 0 Å². The molecule has 7 heavy (non-hydrogen) atoms. The highest BCUT2D eigenvalue weighted by molar-refractivity contribution is 7.92. The minimum absolute atomic E-state index is 0.0833. The molecule has 2 heteroatoms. The zero-order valence-electron chi connectivity index (χ0n) is 5.36. The Morgan fingerprint density at radius 1 is 1.29 bits per heavy atom. The van der Waals surface area contributed by atoms with Gasteiger partial charge in [-0.3, -0.25) is 0 Å². The third kappa shape index (κ3) is 2.94. The molecule has 1 atom stereocenters. The Kier molecular flexibility index (Phi) is 2.14. The lowest BCUT2D eigenvalue weighted by Crippen LogP contribution is -2.25. The van der Waals surface area contributed by atoms with Gasteiger partial charge in [0.15, 0.2) is 4.75 Å². The molecule has 0 spiro atoms. The molecular weight excluding hydrogens is 108 g/mol. The Hall–Kier alpha value is 0.310. The third-order valence-corrected chi connectivity index (χ3v) is 2.66. The molecule has 1 N–H and O–H groups in total. The lowest BCUT2D eigenvalue weighted by atomic mass is 10.3. The second kappa shape index (κ2) is 2.05. The minimum Gasteiger partial charge on any atom is -0.187 e. The van der Waals surface area contributed by atoms with Gasteiger partial charge in [0.25, 0.3) is 0 Å². The predicted molar refractivity (Wildman–Crippen MR) is 35.7 cm³/mol. The van der Waals surface area contributed by atoms with E-state index in [4.69, 9.17) is 4.55 Å². The third-order valence-electron chi connectivity index (χ3n) is 0.886. The van der Waals surface area contributed by atoms with Crippen molar-refractivity contribution in [2.45, 2.75) is 25.5 Å². The molecule has 1 nitrogen and oxygen atoms in total. The molecule has 0 bridgehead atoms. The average molecular weight is 121 g/mol. The fourth-order valence-corrected chi connectivity index (χ4v) is 0. The van der Waals surface area contributed by atoms with Crippen molar-refractivity contribution in [2.75, 3.05) is 6.26 Å². The Bertz CT molecular complexity index is 53.6. The van der Waals surface area contributed by atoms with E-state index < -0.39 is 11.2 Å². The van der Waals surface area contributed by atoms with Crippen molar-refractivity contribution >= 4 is 11.2 Å². The highest BCUT2D eigenvalue weighted by Crippen LogP contribution is 2.11. The lowest BCUT2D eigenvalue weighted by Gasteiger charge is -2.09. The first-order valence-corrected chi connectivity index (χ1v) is 3.88. The molecule has 0 amide bonds. The summed E-state index contributed by atoms with van der Waals surface area (Å²) in [5.74, 6) is 0. The summed E-state index contributed by atoms with van der Waals surface area (Å²) < 4.78 is 9.00. The van der Waals surface area contributed by atoms with Gasteiger partial charge in [0, 0.05) is 0 Å². The predicted octanol–water partition coefficient (Wildman–Crippen LogP) is 1.51. The van der Waals surface area contributed by atoms with E-state index in [9.17, 15) is 0 Å². The van der Waals surface area contributed by atoms with E-state index in [0.29, 0.717) is 0 Å². The first-order chi connectivity index (χ1) is 2.94. The fourth-order valence-electron chi connectivity index (χ4n) is 0. The van der Waals surface area contributed by atoms with Crippen molar-refractivity contribution in [3.05, 3.63) is 0 Å². The van der Waals surface area contributed by atoms with Crippen LogP contribution in [0.4, 0.5) is 0 Å². The monoisotopic (exact) mass is 121 g/mol. The van der Waals surface area contributed by atoms with Gasteiger partial charge < -0.3 is 0 Å². The fraction of sp³-hybridized carbons (Fsp3) is 1.00. The van der Waals surface area contributed by atoms with E-state index in [1.165, 1.54) is 0 Å². The van der Waals surface area contributed by atoms with Crippen LogP contribution in [0.3, 0.4) is 0 Å². The second-order valence-corrected chi connectivity index (χ2v) is 4.77. The number of hydrogen-bond acceptors (Lipinski definition) is 1. The zero-order valence-corrected chi connectivity index (χ0v) is 6.17. The Labute approximate surface area is 48.3 Å². The van der Waals surface area contributed by atoms with Crippen LogP contribution in [0.15, 0.2) is 0 Å². The topological polar surface area (TPSA) is 20.2 Å². The van der Waals surface area contributed by atoms with Crippen LogP contribution in [-0.2, 0) is 11.2 Å². The Morgan fingerprint density at radius 3 is 1.43 bits per heavy atom. The molecule has 0 aliphatic carbocycles. The maximum Gasteiger partial charge on any atom is 0.152 e. The van der Waals surface area contributed by atoms with Gasteiger partial charge in [-0.15, -0.1) is 0 Å². The van der Waals surface area contributed by atoms with Crippen molar-refractivity contribution in [1.29, 1.82) is 0 Å². The normalized spacial score (nSPS) is 16.7. The maximum atomic E-state index is 8.92. The molecule has 0 aliphatic rings. The lowest BCUT2D eigenvalue weighted by molar-refractivity contribution is 0.601. The van der Waals surface area contributed by atoms with E-state index in [1.54, 1.807) is 0 Å². The molecule has 0 radical (unpaired) electrons. The summed E-state index contributed by atoms with van der Waals surface area (Å²) in [6.45, 7) is 6.07. The van der Waals surface area contributed by atoms with Gasteiger partial charge in [0.1, 0.15) is 17.4 Å². The van der Waals surface area contributed by atoms with Gasteiger partial charge in [-0.25, -0.2) is 0 Å². The molecule has 0 aliphatic heterocycles. The largest absolute Gasteiger partial charge is 0.187 e. The standard InChI is InChI=1S/C5H13OS/c1-5(2,3)7(4)6/h6H,1-4H3/q+1. The summed E-state index contributed by atoms with van der Waals surface area (Å²) in [5, 5.41) is 0. The Morgan fingerprint density at radius 2 is 1.43 bits per heavy atom.